The van der Waals surface area contributed by atoms with Crippen LogP contribution in [0.25, 0.3) is 0 Å². The normalized spacial score (nSPS) is 18.5. The van der Waals surface area contributed by atoms with Crippen LogP contribution in [0.2, 0.25) is 5.02 Å². The molecule has 1 saturated heterocycles. The van der Waals surface area contributed by atoms with Gasteiger partial charge >= 0.3 is 0 Å². The molecule has 0 aliphatic carbocycles. The van der Waals surface area contributed by atoms with Crippen LogP contribution in [0, 0.1) is 6.92 Å². The maximum absolute atomic E-state index is 12.2. The maximum Gasteiger partial charge on any atom is 0.260 e. The van der Waals surface area contributed by atoms with Gasteiger partial charge in [-0.15, -0.1) is 0 Å². The number of halogens is 1. The summed E-state index contributed by atoms with van der Waals surface area (Å²) < 4.78 is 27.9. The lowest BCUT2D eigenvalue weighted by Gasteiger charge is -2.24. The summed E-state index contributed by atoms with van der Waals surface area (Å²) >= 11 is 5.93. The molecule has 0 unspecified atom stereocenters. The predicted molar refractivity (Wildman–Crippen MR) is 84.4 cm³/mol. The minimum atomic E-state index is -3.60. The van der Waals surface area contributed by atoms with Crippen LogP contribution in [0.5, 0.6) is 5.75 Å². The van der Waals surface area contributed by atoms with Crippen LogP contribution in [-0.4, -0.2) is 44.2 Å². The number of rotatable bonds is 5. The third-order valence-corrected chi connectivity index (χ3v) is 4.89. The number of carbonyl (C=O) groups is 1. The van der Waals surface area contributed by atoms with Gasteiger partial charge in [-0.1, -0.05) is 11.6 Å². The quantitative estimate of drug-likeness (QED) is 0.870. The van der Waals surface area contributed by atoms with E-state index in [-0.39, 0.29) is 24.3 Å². The number of benzene rings is 1. The summed E-state index contributed by atoms with van der Waals surface area (Å²) in [6.07, 6.45) is 1.41. The second kappa shape index (κ2) is 6.85. The number of hydrogen-bond acceptors (Lipinski definition) is 4. The molecule has 0 spiro atoms. The first kappa shape index (κ1) is 17.1. The van der Waals surface area contributed by atoms with Gasteiger partial charge in [0.15, 0.2) is 6.61 Å². The van der Waals surface area contributed by atoms with Crippen molar-refractivity contribution in [2.75, 3.05) is 18.9 Å². The molecule has 0 aromatic heterocycles. The minimum absolute atomic E-state index is 0.137. The van der Waals surface area contributed by atoms with Crippen LogP contribution in [0.3, 0.4) is 0 Å². The second-order valence-electron chi connectivity index (χ2n) is 5.41. The number of aryl methyl sites for hydroxylation is 1. The molecular weight excluding hydrogens is 328 g/mol. The lowest BCUT2D eigenvalue weighted by Crippen LogP contribution is -2.43. The Morgan fingerprint density at radius 2 is 2.23 bits per heavy atom. The van der Waals surface area contributed by atoms with Gasteiger partial charge in [0, 0.05) is 17.6 Å². The Hall–Kier alpha value is -1.31. The molecule has 8 heteroatoms. The largest absolute Gasteiger partial charge is 0.484 e. The van der Waals surface area contributed by atoms with Gasteiger partial charge in [-0.3, -0.25) is 4.79 Å². The minimum Gasteiger partial charge on any atom is -0.484 e. The van der Waals surface area contributed by atoms with Crippen molar-refractivity contribution in [1.29, 1.82) is 0 Å². The highest BCUT2D eigenvalue weighted by molar-refractivity contribution is 7.89. The van der Waals surface area contributed by atoms with E-state index >= 15 is 0 Å². The van der Waals surface area contributed by atoms with Crippen LogP contribution >= 0.6 is 11.6 Å². The molecule has 2 N–H and O–H groups in total. The Morgan fingerprint density at radius 1 is 1.50 bits per heavy atom. The van der Waals surface area contributed by atoms with Crippen molar-refractivity contribution in [1.82, 2.24) is 4.90 Å². The molecule has 22 heavy (non-hydrogen) atoms. The molecule has 1 aliphatic rings. The van der Waals surface area contributed by atoms with Gasteiger partial charge < -0.3 is 9.64 Å². The number of carbonyl (C=O) groups excluding carboxylic acids is 1. The van der Waals surface area contributed by atoms with E-state index < -0.39 is 10.0 Å². The summed E-state index contributed by atoms with van der Waals surface area (Å²) in [5, 5.41) is 5.69. The molecule has 122 valence electrons. The molecule has 1 aliphatic heterocycles. The number of amides is 1. The average molecular weight is 347 g/mol. The van der Waals surface area contributed by atoms with E-state index in [0.29, 0.717) is 23.7 Å². The molecule has 1 aromatic rings. The number of primary sulfonamides is 1. The van der Waals surface area contributed by atoms with Gasteiger partial charge in [-0.2, -0.15) is 0 Å². The third-order valence-electron chi connectivity index (χ3n) is 3.61. The molecule has 2 rings (SSSR count). The Morgan fingerprint density at radius 3 is 2.86 bits per heavy atom. The van der Waals surface area contributed by atoms with E-state index in [9.17, 15) is 13.2 Å². The summed E-state index contributed by atoms with van der Waals surface area (Å²) in [6, 6.07) is 4.78. The zero-order chi connectivity index (χ0) is 16.3. The third kappa shape index (κ3) is 4.59. The standard InChI is InChI=1S/C14H19ClN2O4S/c1-10-7-12(4-5-13(10)15)21-8-14(18)17-6-2-3-11(17)9-22(16,19)20/h4-5,7,11H,2-3,6,8-9H2,1H3,(H2,16,19,20)/t11-/m0/s1. The van der Waals surface area contributed by atoms with Crippen molar-refractivity contribution >= 4 is 27.5 Å². The first-order chi connectivity index (χ1) is 10.3. The zero-order valence-electron chi connectivity index (χ0n) is 12.3. The average Bonchev–Trinajstić information content (AvgIpc) is 2.85. The molecule has 1 amide bonds. The fourth-order valence-corrected chi connectivity index (χ4v) is 3.54. The van der Waals surface area contributed by atoms with E-state index in [1.807, 2.05) is 6.92 Å². The lowest BCUT2D eigenvalue weighted by atomic mass is 10.2. The van der Waals surface area contributed by atoms with E-state index in [1.54, 1.807) is 18.2 Å². The van der Waals surface area contributed by atoms with E-state index in [0.717, 1.165) is 12.0 Å². The lowest BCUT2D eigenvalue weighted by molar-refractivity contribution is -0.133. The molecule has 0 saturated carbocycles. The molecule has 6 nitrogen and oxygen atoms in total. The number of ether oxygens (including phenoxy) is 1. The summed E-state index contributed by atoms with van der Waals surface area (Å²) in [6.45, 7) is 2.24. The van der Waals surface area contributed by atoms with Crippen molar-refractivity contribution in [2.24, 2.45) is 5.14 Å². The van der Waals surface area contributed by atoms with Gasteiger partial charge in [0.1, 0.15) is 5.75 Å². The Kier molecular flexibility index (Phi) is 5.31. The first-order valence-electron chi connectivity index (χ1n) is 6.95. The van der Waals surface area contributed by atoms with Gasteiger partial charge in [-0.05, 0) is 43.5 Å². The fraction of sp³-hybridized carbons (Fsp3) is 0.500. The SMILES string of the molecule is Cc1cc(OCC(=O)N2CCC[C@H]2CS(N)(=O)=O)ccc1Cl. The summed E-state index contributed by atoms with van der Waals surface area (Å²) in [7, 11) is -3.60. The van der Waals surface area contributed by atoms with E-state index in [1.165, 1.54) is 4.90 Å². The smallest absolute Gasteiger partial charge is 0.260 e. The van der Waals surface area contributed by atoms with Crippen LogP contribution < -0.4 is 9.88 Å². The predicted octanol–water partition coefficient (Wildman–Crippen LogP) is 1.31. The van der Waals surface area contributed by atoms with E-state index in [4.69, 9.17) is 21.5 Å². The first-order valence-corrected chi connectivity index (χ1v) is 9.04. The molecule has 1 atom stereocenters. The number of hydrogen-bond donors (Lipinski definition) is 1. The number of sulfonamides is 1. The number of nitrogens with two attached hydrogens (primary N) is 1. The van der Waals surface area contributed by atoms with Crippen LogP contribution in [-0.2, 0) is 14.8 Å². The Labute approximate surface area is 135 Å². The van der Waals surface area contributed by atoms with Gasteiger partial charge in [0.25, 0.3) is 5.91 Å². The van der Waals surface area contributed by atoms with Crippen molar-refractivity contribution in [3.63, 3.8) is 0 Å². The highest BCUT2D eigenvalue weighted by atomic mass is 35.5. The highest BCUT2D eigenvalue weighted by Crippen LogP contribution is 2.22. The van der Waals surface area contributed by atoms with Crippen LogP contribution in [0.15, 0.2) is 18.2 Å². The summed E-state index contributed by atoms with van der Waals surface area (Å²) in [5.41, 5.74) is 0.861. The second-order valence-corrected chi connectivity index (χ2v) is 7.48. The zero-order valence-corrected chi connectivity index (χ0v) is 13.9. The van der Waals surface area contributed by atoms with Gasteiger partial charge in [0.2, 0.25) is 10.0 Å². The highest BCUT2D eigenvalue weighted by Gasteiger charge is 2.31. The van der Waals surface area contributed by atoms with Crippen molar-refractivity contribution in [2.45, 2.75) is 25.8 Å². The molecule has 1 fully saturated rings. The summed E-state index contributed by atoms with van der Waals surface area (Å²) in [4.78, 5) is 13.7. The molecule has 1 aromatic carbocycles. The maximum atomic E-state index is 12.2. The van der Waals surface area contributed by atoms with Crippen molar-refractivity contribution in [3.05, 3.63) is 28.8 Å². The van der Waals surface area contributed by atoms with Crippen LogP contribution in [0.1, 0.15) is 18.4 Å². The topological polar surface area (TPSA) is 89.7 Å². The molecule has 0 bridgehead atoms. The van der Waals surface area contributed by atoms with Gasteiger partial charge in [-0.25, -0.2) is 13.6 Å². The molecular formula is C14H19ClN2O4S. The van der Waals surface area contributed by atoms with Crippen molar-refractivity contribution < 1.29 is 17.9 Å². The molecule has 0 radical (unpaired) electrons. The van der Waals surface area contributed by atoms with Crippen molar-refractivity contribution in [3.8, 4) is 5.75 Å². The van der Waals surface area contributed by atoms with Crippen LogP contribution in [0.4, 0.5) is 0 Å². The molecule has 1 heterocycles. The number of nitrogens with zero attached hydrogens (tertiary/aromatic N) is 1. The summed E-state index contributed by atoms with van der Waals surface area (Å²) in [5.74, 6) is 0.106. The fourth-order valence-electron chi connectivity index (χ4n) is 2.54. The van der Waals surface area contributed by atoms with E-state index in [2.05, 4.69) is 0 Å². The van der Waals surface area contributed by atoms with Gasteiger partial charge in [0.05, 0.1) is 5.75 Å². The monoisotopic (exact) mass is 346 g/mol. The Balaban J connectivity index is 1.95. The number of likely N-dealkylation sites (tertiary alicyclic amines) is 1. The Bertz CT molecular complexity index is 663.